The van der Waals surface area contributed by atoms with Gasteiger partial charge in [0.05, 0.1) is 12.1 Å². The molecule has 2 saturated heterocycles. The predicted molar refractivity (Wildman–Crippen MR) is 77.8 cm³/mol. The van der Waals surface area contributed by atoms with Crippen molar-refractivity contribution in [3.05, 3.63) is 18.5 Å². The molecular weight excluding hydrogens is 270 g/mol. The number of carbonyl (C=O) groups is 1. The van der Waals surface area contributed by atoms with Crippen molar-refractivity contribution in [2.45, 2.75) is 37.5 Å². The standard InChI is InChI=1S/C14H21N5O2/c20-11-8-12(17-9-11)13(21)18-10-2-6-19(7-3-10)14-15-4-1-5-16-14/h1,4-5,10-12,17,20H,2-3,6-9H2,(H,18,21). The third-order valence-corrected chi connectivity index (χ3v) is 4.10. The molecule has 0 saturated carbocycles. The monoisotopic (exact) mass is 291 g/mol. The van der Waals surface area contributed by atoms with E-state index in [1.807, 2.05) is 0 Å². The van der Waals surface area contributed by atoms with Crippen LogP contribution in [0.4, 0.5) is 5.95 Å². The summed E-state index contributed by atoms with van der Waals surface area (Å²) in [6.07, 6.45) is 5.36. The summed E-state index contributed by atoms with van der Waals surface area (Å²) < 4.78 is 0. The molecule has 0 aromatic carbocycles. The predicted octanol–water partition coefficient (Wildman–Crippen LogP) is -0.716. The van der Waals surface area contributed by atoms with Crippen molar-refractivity contribution in [2.24, 2.45) is 0 Å². The van der Waals surface area contributed by atoms with E-state index in [9.17, 15) is 9.90 Å². The minimum absolute atomic E-state index is 0.000890. The number of nitrogens with zero attached hydrogens (tertiary/aromatic N) is 3. The van der Waals surface area contributed by atoms with Crippen molar-refractivity contribution >= 4 is 11.9 Å². The molecule has 3 rings (SSSR count). The zero-order valence-corrected chi connectivity index (χ0v) is 11.9. The Hall–Kier alpha value is -1.73. The van der Waals surface area contributed by atoms with Crippen LogP contribution in [0.15, 0.2) is 18.5 Å². The number of β-amino-alcohol motifs (C(OH)–C–C–N with tert-alkyl or cyclic N) is 1. The van der Waals surface area contributed by atoms with Crippen LogP contribution in [0.2, 0.25) is 0 Å². The van der Waals surface area contributed by atoms with Gasteiger partial charge in [-0.1, -0.05) is 0 Å². The number of amides is 1. The molecule has 2 atom stereocenters. The number of carbonyl (C=O) groups excluding carboxylic acids is 1. The van der Waals surface area contributed by atoms with Crippen molar-refractivity contribution in [1.29, 1.82) is 0 Å². The maximum atomic E-state index is 12.1. The van der Waals surface area contributed by atoms with Gasteiger partial charge < -0.3 is 20.6 Å². The quantitative estimate of drug-likeness (QED) is 0.681. The Bertz CT molecular complexity index is 476. The summed E-state index contributed by atoms with van der Waals surface area (Å²) in [6.45, 7) is 2.19. The summed E-state index contributed by atoms with van der Waals surface area (Å²) >= 11 is 0. The van der Waals surface area contributed by atoms with Gasteiger partial charge in [0, 0.05) is 38.1 Å². The number of piperidine rings is 1. The number of nitrogens with one attached hydrogen (secondary N) is 2. The first-order valence-electron chi connectivity index (χ1n) is 7.46. The molecule has 114 valence electrons. The first-order valence-corrected chi connectivity index (χ1v) is 7.46. The highest BCUT2D eigenvalue weighted by molar-refractivity contribution is 5.82. The summed E-state index contributed by atoms with van der Waals surface area (Å²) in [5, 5.41) is 15.6. The molecule has 1 aromatic rings. The minimum Gasteiger partial charge on any atom is -0.392 e. The molecule has 0 aliphatic carbocycles. The Kier molecular flexibility index (Phi) is 4.31. The Morgan fingerprint density at radius 2 is 2.05 bits per heavy atom. The first-order chi connectivity index (χ1) is 10.2. The van der Waals surface area contributed by atoms with E-state index >= 15 is 0 Å². The highest BCUT2D eigenvalue weighted by Crippen LogP contribution is 2.16. The van der Waals surface area contributed by atoms with Gasteiger partial charge in [-0.3, -0.25) is 4.79 Å². The van der Waals surface area contributed by atoms with Crippen LogP contribution in [0.3, 0.4) is 0 Å². The lowest BCUT2D eigenvalue weighted by Crippen LogP contribution is -2.49. The van der Waals surface area contributed by atoms with E-state index in [0.717, 1.165) is 31.9 Å². The van der Waals surface area contributed by atoms with Crippen LogP contribution in [-0.2, 0) is 4.79 Å². The number of hydrogen-bond donors (Lipinski definition) is 3. The fourth-order valence-corrected chi connectivity index (χ4v) is 2.90. The van der Waals surface area contributed by atoms with Crippen molar-refractivity contribution in [2.75, 3.05) is 24.5 Å². The summed E-state index contributed by atoms with van der Waals surface area (Å²) in [7, 11) is 0. The first kappa shape index (κ1) is 14.2. The van der Waals surface area contributed by atoms with E-state index in [2.05, 4.69) is 25.5 Å². The molecule has 7 heteroatoms. The van der Waals surface area contributed by atoms with Crippen LogP contribution in [0.1, 0.15) is 19.3 Å². The van der Waals surface area contributed by atoms with E-state index in [0.29, 0.717) is 13.0 Å². The molecule has 1 aromatic heterocycles. The molecule has 0 spiro atoms. The van der Waals surface area contributed by atoms with E-state index in [-0.39, 0.29) is 18.0 Å². The second kappa shape index (κ2) is 6.36. The molecular formula is C14H21N5O2. The molecule has 2 aliphatic rings. The van der Waals surface area contributed by atoms with Crippen LogP contribution in [0.5, 0.6) is 0 Å². The average molecular weight is 291 g/mol. The van der Waals surface area contributed by atoms with E-state index in [1.54, 1.807) is 18.5 Å². The SMILES string of the molecule is O=C(NC1CCN(c2ncccn2)CC1)C1CC(O)CN1. The molecule has 7 nitrogen and oxygen atoms in total. The van der Waals surface area contributed by atoms with Gasteiger partial charge in [0.1, 0.15) is 0 Å². The number of aromatic nitrogens is 2. The van der Waals surface area contributed by atoms with E-state index in [1.165, 1.54) is 0 Å². The Balaban J connectivity index is 1.47. The van der Waals surface area contributed by atoms with E-state index < -0.39 is 6.10 Å². The normalized spacial score (nSPS) is 26.8. The van der Waals surface area contributed by atoms with Crippen LogP contribution < -0.4 is 15.5 Å². The minimum atomic E-state index is -0.405. The molecule has 2 fully saturated rings. The maximum Gasteiger partial charge on any atom is 0.237 e. The van der Waals surface area contributed by atoms with Crippen LogP contribution in [0.25, 0.3) is 0 Å². The number of anilines is 1. The van der Waals surface area contributed by atoms with Crippen LogP contribution >= 0.6 is 0 Å². The van der Waals surface area contributed by atoms with Crippen molar-refractivity contribution < 1.29 is 9.90 Å². The van der Waals surface area contributed by atoms with Gasteiger partial charge in [-0.2, -0.15) is 0 Å². The summed E-state index contributed by atoms with van der Waals surface area (Å²) in [4.78, 5) is 22.7. The zero-order chi connectivity index (χ0) is 14.7. The Labute approximate surface area is 123 Å². The van der Waals surface area contributed by atoms with Gasteiger partial charge in [0.25, 0.3) is 0 Å². The molecule has 21 heavy (non-hydrogen) atoms. The summed E-state index contributed by atoms with van der Waals surface area (Å²) in [6, 6.07) is 1.74. The number of rotatable bonds is 3. The number of hydrogen-bond acceptors (Lipinski definition) is 6. The Morgan fingerprint density at radius 3 is 2.67 bits per heavy atom. The van der Waals surface area contributed by atoms with Gasteiger partial charge in [-0.05, 0) is 25.3 Å². The van der Waals surface area contributed by atoms with Gasteiger partial charge in [-0.15, -0.1) is 0 Å². The van der Waals surface area contributed by atoms with Gasteiger partial charge in [0.15, 0.2) is 0 Å². The summed E-state index contributed by atoms with van der Waals surface area (Å²) in [5.74, 6) is 0.754. The Morgan fingerprint density at radius 1 is 1.33 bits per heavy atom. The second-order valence-corrected chi connectivity index (χ2v) is 5.67. The smallest absolute Gasteiger partial charge is 0.237 e. The van der Waals surface area contributed by atoms with Gasteiger partial charge >= 0.3 is 0 Å². The van der Waals surface area contributed by atoms with Crippen molar-refractivity contribution in [3.63, 3.8) is 0 Å². The van der Waals surface area contributed by atoms with Gasteiger partial charge in [0.2, 0.25) is 11.9 Å². The largest absolute Gasteiger partial charge is 0.392 e. The van der Waals surface area contributed by atoms with Crippen LogP contribution in [-0.4, -0.2) is 58.8 Å². The molecule has 3 heterocycles. The number of aliphatic hydroxyl groups excluding tert-OH is 1. The topological polar surface area (TPSA) is 90.4 Å². The third-order valence-electron chi connectivity index (χ3n) is 4.10. The molecule has 1 amide bonds. The third kappa shape index (κ3) is 3.48. The maximum absolute atomic E-state index is 12.1. The lowest BCUT2D eigenvalue weighted by molar-refractivity contribution is -0.123. The van der Waals surface area contributed by atoms with Crippen molar-refractivity contribution in [3.8, 4) is 0 Å². The molecule has 2 aliphatic heterocycles. The van der Waals surface area contributed by atoms with E-state index in [4.69, 9.17) is 0 Å². The highest BCUT2D eigenvalue weighted by Gasteiger charge is 2.30. The average Bonchev–Trinajstić information content (AvgIpc) is 2.96. The lowest BCUT2D eigenvalue weighted by atomic mass is 10.0. The fourth-order valence-electron chi connectivity index (χ4n) is 2.90. The zero-order valence-electron chi connectivity index (χ0n) is 11.9. The fraction of sp³-hybridized carbons (Fsp3) is 0.643. The van der Waals surface area contributed by atoms with Gasteiger partial charge in [-0.25, -0.2) is 9.97 Å². The summed E-state index contributed by atoms with van der Waals surface area (Å²) in [5.41, 5.74) is 0. The van der Waals surface area contributed by atoms with Crippen LogP contribution in [0, 0.1) is 0 Å². The highest BCUT2D eigenvalue weighted by atomic mass is 16.3. The lowest BCUT2D eigenvalue weighted by Gasteiger charge is -2.32. The second-order valence-electron chi connectivity index (χ2n) is 5.67. The molecule has 0 radical (unpaired) electrons. The number of aliphatic hydroxyl groups is 1. The molecule has 2 unspecified atom stereocenters. The molecule has 0 bridgehead atoms. The molecule has 3 N–H and O–H groups in total. The van der Waals surface area contributed by atoms with Crippen molar-refractivity contribution in [1.82, 2.24) is 20.6 Å².